The first-order valence-corrected chi connectivity index (χ1v) is 7.87. The number of nitriles is 1. The van der Waals surface area contributed by atoms with Gasteiger partial charge in [-0.05, 0) is 36.3 Å². The summed E-state index contributed by atoms with van der Waals surface area (Å²) in [6.07, 6.45) is 3.41. The summed E-state index contributed by atoms with van der Waals surface area (Å²) in [5, 5.41) is 12.4. The molecular formula is C19H14Cl2N2O. The number of rotatable bonds is 4. The molecule has 0 saturated carbocycles. The van der Waals surface area contributed by atoms with Crippen LogP contribution in [0.5, 0.6) is 0 Å². The van der Waals surface area contributed by atoms with Crippen molar-refractivity contribution >= 4 is 40.9 Å². The molecule has 2 aromatic carbocycles. The molecule has 2 aromatic rings. The zero-order valence-electron chi connectivity index (χ0n) is 12.9. The number of benzene rings is 2. The topological polar surface area (TPSA) is 52.9 Å². The minimum atomic E-state index is -0.539. The maximum absolute atomic E-state index is 12.3. The molecule has 24 heavy (non-hydrogen) atoms. The van der Waals surface area contributed by atoms with E-state index >= 15 is 0 Å². The van der Waals surface area contributed by atoms with Gasteiger partial charge in [-0.2, -0.15) is 5.26 Å². The molecule has 0 spiro atoms. The number of halogens is 2. The number of carbonyl (C=O) groups is 1. The van der Waals surface area contributed by atoms with Crippen molar-refractivity contribution in [3.8, 4) is 6.07 Å². The van der Waals surface area contributed by atoms with Crippen LogP contribution in [0.15, 0.2) is 65.8 Å². The molecule has 0 bridgehead atoms. The monoisotopic (exact) mass is 356 g/mol. The van der Waals surface area contributed by atoms with Crippen molar-refractivity contribution in [2.24, 2.45) is 0 Å². The lowest BCUT2D eigenvalue weighted by Gasteiger charge is -2.07. The molecule has 0 heterocycles. The van der Waals surface area contributed by atoms with E-state index in [1.165, 1.54) is 6.08 Å². The summed E-state index contributed by atoms with van der Waals surface area (Å²) in [6, 6.07) is 16.4. The Hall–Kier alpha value is -2.54. The Morgan fingerprint density at radius 2 is 1.83 bits per heavy atom. The maximum atomic E-state index is 12.3. The van der Waals surface area contributed by atoms with Gasteiger partial charge in [0.05, 0.1) is 15.7 Å². The van der Waals surface area contributed by atoms with Crippen LogP contribution in [0.2, 0.25) is 10.0 Å². The third kappa shape index (κ3) is 4.73. The number of anilines is 1. The number of carbonyl (C=O) groups excluding carboxylic acids is 1. The van der Waals surface area contributed by atoms with E-state index in [2.05, 4.69) is 5.32 Å². The van der Waals surface area contributed by atoms with Gasteiger partial charge in [0.25, 0.3) is 5.91 Å². The summed E-state index contributed by atoms with van der Waals surface area (Å²) in [4.78, 5) is 12.3. The second-order valence-electron chi connectivity index (χ2n) is 5.02. The van der Waals surface area contributed by atoms with Gasteiger partial charge in [0.1, 0.15) is 11.6 Å². The third-order valence-corrected chi connectivity index (χ3v) is 3.95. The summed E-state index contributed by atoms with van der Waals surface area (Å²) in [5.41, 5.74) is 2.11. The quantitative estimate of drug-likeness (QED) is 0.447. The molecule has 5 heteroatoms. The van der Waals surface area contributed by atoms with Gasteiger partial charge in [0.15, 0.2) is 0 Å². The van der Waals surface area contributed by atoms with E-state index < -0.39 is 5.91 Å². The van der Waals surface area contributed by atoms with Crippen LogP contribution in [0.4, 0.5) is 5.69 Å². The highest BCUT2D eigenvalue weighted by atomic mass is 35.5. The molecule has 1 N–H and O–H groups in total. The van der Waals surface area contributed by atoms with Crippen molar-refractivity contribution < 1.29 is 4.79 Å². The molecule has 0 aliphatic rings. The molecule has 0 aliphatic carbocycles. The van der Waals surface area contributed by atoms with Crippen molar-refractivity contribution in [1.82, 2.24) is 0 Å². The fourth-order valence-corrected chi connectivity index (χ4v) is 2.37. The molecule has 0 aliphatic heterocycles. The van der Waals surface area contributed by atoms with Crippen molar-refractivity contribution in [2.45, 2.75) is 6.92 Å². The van der Waals surface area contributed by atoms with Gasteiger partial charge in [-0.1, -0.05) is 65.7 Å². The molecule has 1 amide bonds. The van der Waals surface area contributed by atoms with Crippen LogP contribution in [0.25, 0.3) is 6.08 Å². The summed E-state index contributed by atoms with van der Waals surface area (Å²) < 4.78 is 0. The molecule has 120 valence electrons. The minimum absolute atomic E-state index is 0.0178. The lowest BCUT2D eigenvalue weighted by Crippen LogP contribution is -2.14. The Bertz CT molecular complexity index is 849. The van der Waals surface area contributed by atoms with E-state index in [1.54, 1.807) is 18.2 Å². The second-order valence-corrected chi connectivity index (χ2v) is 5.81. The van der Waals surface area contributed by atoms with Crippen LogP contribution < -0.4 is 5.32 Å². The maximum Gasteiger partial charge on any atom is 0.266 e. The fourth-order valence-electron chi connectivity index (χ4n) is 2.02. The number of nitrogens with one attached hydrogen (secondary N) is 1. The van der Waals surface area contributed by atoms with E-state index in [4.69, 9.17) is 23.2 Å². The van der Waals surface area contributed by atoms with Crippen LogP contribution >= 0.6 is 23.2 Å². The molecule has 0 fully saturated rings. The lowest BCUT2D eigenvalue weighted by atomic mass is 10.1. The fraction of sp³-hybridized carbons (Fsp3) is 0.0526. The Morgan fingerprint density at radius 1 is 1.12 bits per heavy atom. The Morgan fingerprint density at radius 3 is 2.50 bits per heavy atom. The molecule has 0 atom stereocenters. The minimum Gasteiger partial charge on any atom is -0.320 e. The predicted molar refractivity (Wildman–Crippen MR) is 98.9 cm³/mol. The first kappa shape index (κ1) is 17.8. The van der Waals surface area contributed by atoms with Gasteiger partial charge in [-0.3, -0.25) is 4.79 Å². The molecule has 0 aromatic heterocycles. The highest BCUT2D eigenvalue weighted by Crippen LogP contribution is 2.29. The van der Waals surface area contributed by atoms with E-state index in [0.29, 0.717) is 10.7 Å². The highest BCUT2D eigenvalue weighted by Gasteiger charge is 2.12. The van der Waals surface area contributed by atoms with Crippen LogP contribution in [-0.2, 0) is 4.79 Å². The van der Waals surface area contributed by atoms with Crippen molar-refractivity contribution in [1.29, 1.82) is 5.26 Å². The normalized spacial score (nSPS) is 11.8. The smallest absolute Gasteiger partial charge is 0.266 e. The second kappa shape index (κ2) is 8.35. The molecule has 3 nitrogen and oxygen atoms in total. The van der Waals surface area contributed by atoms with Crippen molar-refractivity contribution in [2.75, 3.05) is 5.32 Å². The Labute approximate surface area is 150 Å². The summed E-state index contributed by atoms with van der Waals surface area (Å²) in [6.45, 7) is 1.82. The number of hydrogen-bond donors (Lipinski definition) is 1. The van der Waals surface area contributed by atoms with E-state index in [0.717, 1.165) is 11.1 Å². The van der Waals surface area contributed by atoms with E-state index in [9.17, 15) is 10.1 Å². The first-order valence-electron chi connectivity index (χ1n) is 7.12. The number of amides is 1. The highest BCUT2D eigenvalue weighted by molar-refractivity contribution is 6.44. The average molecular weight is 357 g/mol. The summed E-state index contributed by atoms with van der Waals surface area (Å²) in [5.74, 6) is -0.539. The van der Waals surface area contributed by atoms with Gasteiger partial charge in [-0.15, -0.1) is 0 Å². The Balaban J connectivity index is 2.21. The molecule has 0 unspecified atom stereocenters. The molecule has 0 radical (unpaired) electrons. The van der Waals surface area contributed by atoms with Crippen LogP contribution in [0.3, 0.4) is 0 Å². The average Bonchev–Trinajstić information content (AvgIpc) is 2.57. The van der Waals surface area contributed by atoms with E-state index in [-0.39, 0.29) is 10.6 Å². The number of hydrogen-bond acceptors (Lipinski definition) is 2. The van der Waals surface area contributed by atoms with E-state index in [1.807, 2.05) is 49.4 Å². The number of nitrogens with zero attached hydrogens (tertiary/aromatic N) is 1. The van der Waals surface area contributed by atoms with Crippen LogP contribution in [0.1, 0.15) is 12.5 Å². The van der Waals surface area contributed by atoms with Crippen molar-refractivity contribution in [3.05, 3.63) is 81.4 Å². The van der Waals surface area contributed by atoms with Gasteiger partial charge >= 0.3 is 0 Å². The third-order valence-electron chi connectivity index (χ3n) is 3.13. The van der Waals surface area contributed by atoms with Crippen LogP contribution in [-0.4, -0.2) is 5.91 Å². The summed E-state index contributed by atoms with van der Waals surface area (Å²) in [7, 11) is 0. The molecule has 2 rings (SSSR count). The van der Waals surface area contributed by atoms with Crippen molar-refractivity contribution in [3.63, 3.8) is 0 Å². The SMILES string of the molecule is CC(/C=C(/C#N)C(=O)Nc1cccc(Cl)c1Cl)=C\c1ccccc1. The number of allylic oxidation sites excluding steroid dienone is 2. The first-order chi connectivity index (χ1) is 11.5. The molecule has 0 saturated heterocycles. The van der Waals surface area contributed by atoms with Gasteiger partial charge < -0.3 is 5.32 Å². The lowest BCUT2D eigenvalue weighted by molar-refractivity contribution is -0.112. The zero-order chi connectivity index (χ0) is 17.5. The summed E-state index contributed by atoms with van der Waals surface area (Å²) >= 11 is 12.0. The zero-order valence-corrected chi connectivity index (χ0v) is 14.4. The van der Waals surface area contributed by atoms with Crippen LogP contribution in [0, 0.1) is 11.3 Å². The Kier molecular flexibility index (Phi) is 6.20. The molecular weight excluding hydrogens is 343 g/mol. The predicted octanol–water partition coefficient (Wildman–Crippen LogP) is 5.49. The largest absolute Gasteiger partial charge is 0.320 e. The van der Waals surface area contributed by atoms with Gasteiger partial charge in [-0.25, -0.2) is 0 Å². The van der Waals surface area contributed by atoms with Gasteiger partial charge in [0.2, 0.25) is 0 Å². The van der Waals surface area contributed by atoms with Gasteiger partial charge in [0, 0.05) is 0 Å². The standard InChI is InChI=1S/C19H14Cl2N2O/c1-13(10-14-6-3-2-4-7-14)11-15(12-22)19(24)23-17-9-5-8-16(20)18(17)21/h2-11H,1H3,(H,23,24)/b13-10+,15-11-.